The zero-order valence-electron chi connectivity index (χ0n) is 8.82. The van der Waals surface area contributed by atoms with Gasteiger partial charge in [-0.3, -0.25) is 0 Å². The van der Waals surface area contributed by atoms with Gasteiger partial charge in [-0.1, -0.05) is 13.3 Å². The van der Waals surface area contributed by atoms with Crippen molar-refractivity contribution < 1.29 is 9.53 Å². The van der Waals surface area contributed by atoms with E-state index in [0.29, 0.717) is 12.3 Å². The smallest absolute Gasteiger partial charge is 0.354 e. The quantitative estimate of drug-likeness (QED) is 0.676. The zero-order chi connectivity index (χ0) is 10.4. The Kier molecular flexibility index (Phi) is 4.23. The van der Waals surface area contributed by atoms with Gasteiger partial charge in [0.15, 0.2) is 0 Å². The minimum Gasteiger partial charge on any atom is -0.461 e. The molecule has 0 radical (unpaired) electrons. The molecule has 0 saturated heterocycles. The number of aromatic nitrogens is 1. The highest BCUT2D eigenvalue weighted by molar-refractivity contribution is 5.87. The number of carbonyl (C=O) groups is 1. The predicted octanol–water partition coefficient (Wildman–Crippen LogP) is 2.46. The molecule has 1 heterocycles. The first-order valence-corrected chi connectivity index (χ1v) is 5.11. The van der Waals surface area contributed by atoms with E-state index >= 15 is 0 Å². The van der Waals surface area contributed by atoms with E-state index < -0.39 is 0 Å². The molecule has 0 aliphatic rings. The molecule has 1 aromatic heterocycles. The number of unbranched alkanes of at least 4 members (excludes halogenated alkanes) is 1. The molecule has 3 heteroatoms. The van der Waals surface area contributed by atoms with E-state index in [2.05, 4.69) is 6.92 Å². The molecule has 0 atom stereocenters. The van der Waals surface area contributed by atoms with Gasteiger partial charge in [-0.25, -0.2) is 4.79 Å². The molecule has 0 bridgehead atoms. The normalized spacial score (nSPS) is 10.1. The summed E-state index contributed by atoms with van der Waals surface area (Å²) in [4.78, 5) is 11.4. The third-order valence-corrected chi connectivity index (χ3v) is 2.07. The van der Waals surface area contributed by atoms with Crippen LogP contribution in [0.4, 0.5) is 0 Å². The lowest BCUT2D eigenvalue weighted by Gasteiger charge is -2.07. The number of esters is 1. The lowest BCUT2D eigenvalue weighted by atomic mass is 10.3. The van der Waals surface area contributed by atoms with Crippen LogP contribution in [0.5, 0.6) is 0 Å². The molecular formula is C11H17NO2. The molecule has 0 unspecified atom stereocenters. The van der Waals surface area contributed by atoms with Crippen LogP contribution >= 0.6 is 0 Å². The fraction of sp³-hybridized carbons (Fsp3) is 0.545. The highest BCUT2D eigenvalue weighted by Crippen LogP contribution is 2.06. The van der Waals surface area contributed by atoms with Gasteiger partial charge >= 0.3 is 5.97 Å². The molecule has 0 aliphatic heterocycles. The van der Waals surface area contributed by atoms with E-state index in [4.69, 9.17) is 4.74 Å². The van der Waals surface area contributed by atoms with Gasteiger partial charge in [-0.15, -0.1) is 0 Å². The van der Waals surface area contributed by atoms with Gasteiger partial charge in [0.2, 0.25) is 0 Å². The first kappa shape index (κ1) is 10.8. The van der Waals surface area contributed by atoms with Crippen molar-refractivity contribution in [3.05, 3.63) is 24.0 Å². The molecule has 14 heavy (non-hydrogen) atoms. The van der Waals surface area contributed by atoms with Crippen LogP contribution in [0.2, 0.25) is 0 Å². The summed E-state index contributed by atoms with van der Waals surface area (Å²) in [5.41, 5.74) is 0.653. The predicted molar refractivity (Wildman–Crippen MR) is 55.3 cm³/mol. The monoisotopic (exact) mass is 195 g/mol. The molecule has 0 spiro atoms. The first-order chi connectivity index (χ1) is 6.79. The highest BCUT2D eigenvalue weighted by Gasteiger charge is 2.10. The summed E-state index contributed by atoms with van der Waals surface area (Å²) in [7, 11) is 0. The maximum atomic E-state index is 11.4. The van der Waals surface area contributed by atoms with Crippen molar-refractivity contribution in [2.45, 2.75) is 33.2 Å². The van der Waals surface area contributed by atoms with Gasteiger partial charge in [0.05, 0.1) is 6.61 Å². The summed E-state index contributed by atoms with van der Waals surface area (Å²) in [6, 6.07) is 3.68. The van der Waals surface area contributed by atoms with E-state index in [9.17, 15) is 4.79 Å². The maximum Gasteiger partial charge on any atom is 0.354 e. The molecule has 0 N–H and O–H groups in total. The number of carbonyl (C=O) groups excluding carboxylic acids is 1. The summed E-state index contributed by atoms with van der Waals surface area (Å²) < 4.78 is 6.89. The first-order valence-electron chi connectivity index (χ1n) is 5.11. The molecular weight excluding hydrogens is 178 g/mol. The molecule has 78 valence electrons. The number of aryl methyl sites for hydroxylation is 1. The lowest BCUT2D eigenvalue weighted by molar-refractivity contribution is 0.0513. The third kappa shape index (κ3) is 2.62. The van der Waals surface area contributed by atoms with Crippen molar-refractivity contribution in [2.24, 2.45) is 0 Å². The van der Waals surface area contributed by atoms with Crippen LogP contribution in [0.3, 0.4) is 0 Å². The summed E-state index contributed by atoms with van der Waals surface area (Å²) in [6.45, 7) is 5.26. The average Bonchev–Trinajstić information content (AvgIpc) is 2.63. The van der Waals surface area contributed by atoms with Crippen LogP contribution < -0.4 is 0 Å². The zero-order valence-corrected chi connectivity index (χ0v) is 8.82. The molecule has 3 nitrogen and oxygen atoms in total. The molecule has 0 fully saturated rings. The van der Waals surface area contributed by atoms with E-state index in [1.54, 1.807) is 6.07 Å². The van der Waals surface area contributed by atoms with E-state index in [-0.39, 0.29) is 5.97 Å². The van der Waals surface area contributed by atoms with Crippen molar-refractivity contribution in [1.82, 2.24) is 4.57 Å². The Morgan fingerprint density at radius 3 is 2.93 bits per heavy atom. The Bertz CT molecular complexity index is 291. The molecule has 0 amide bonds. The summed E-state index contributed by atoms with van der Waals surface area (Å²) in [5, 5.41) is 0. The average molecular weight is 195 g/mol. The third-order valence-electron chi connectivity index (χ3n) is 2.07. The Morgan fingerprint density at radius 2 is 2.29 bits per heavy atom. The molecule has 0 saturated carbocycles. The molecule has 0 aromatic carbocycles. The highest BCUT2D eigenvalue weighted by atomic mass is 16.5. The summed E-state index contributed by atoms with van der Waals surface area (Å²) in [5.74, 6) is -0.228. The number of nitrogens with zero attached hydrogens (tertiary/aromatic N) is 1. The van der Waals surface area contributed by atoms with Crippen molar-refractivity contribution in [1.29, 1.82) is 0 Å². The van der Waals surface area contributed by atoms with Gasteiger partial charge < -0.3 is 9.30 Å². The topological polar surface area (TPSA) is 31.2 Å². The minimum atomic E-state index is -0.228. The second-order valence-electron chi connectivity index (χ2n) is 3.16. The van der Waals surface area contributed by atoms with Gasteiger partial charge in [-0.05, 0) is 25.5 Å². The fourth-order valence-corrected chi connectivity index (χ4v) is 1.33. The van der Waals surface area contributed by atoms with E-state index in [1.807, 2.05) is 23.8 Å². The van der Waals surface area contributed by atoms with Crippen LogP contribution in [-0.2, 0) is 11.3 Å². The Labute approximate surface area is 84.7 Å². The molecule has 0 aliphatic carbocycles. The van der Waals surface area contributed by atoms with Gasteiger partial charge in [0, 0.05) is 12.7 Å². The van der Waals surface area contributed by atoms with Gasteiger partial charge in [-0.2, -0.15) is 0 Å². The Morgan fingerprint density at radius 1 is 1.50 bits per heavy atom. The summed E-state index contributed by atoms with van der Waals surface area (Å²) >= 11 is 0. The summed E-state index contributed by atoms with van der Waals surface area (Å²) in [6.07, 6.45) is 4.13. The Hall–Kier alpha value is -1.25. The van der Waals surface area contributed by atoms with Crippen molar-refractivity contribution >= 4 is 5.97 Å². The number of hydrogen-bond acceptors (Lipinski definition) is 2. The van der Waals surface area contributed by atoms with Crippen molar-refractivity contribution in [2.75, 3.05) is 6.61 Å². The van der Waals surface area contributed by atoms with Crippen LogP contribution in [-0.4, -0.2) is 17.1 Å². The molecule has 1 aromatic rings. The second kappa shape index (κ2) is 5.47. The van der Waals surface area contributed by atoms with E-state index in [1.165, 1.54) is 0 Å². The van der Waals surface area contributed by atoms with Crippen molar-refractivity contribution in [3.8, 4) is 0 Å². The number of ether oxygens (including phenoxy) is 1. The lowest BCUT2D eigenvalue weighted by Crippen LogP contribution is -2.11. The number of hydrogen-bond donors (Lipinski definition) is 0. The molecule has 1 rings (SSSR count). The second-order valence-corrected chi connectivity index (χ2v) is 3.16. The van der Waals surface area contributed by atoms with Crippen LogP contribution in [0.15, 0.2) is 18.3 Å². The van der Waals surface area contributed by atoms with Crippen LogP contribution in [0, 0.1) is 0 Å². The van der Waals surface area contributed by atoms with Gasteiger partial charge in [0.25, 0.3) is 0 Å². The standard InChI is InChI=1S/C11H17NO2/c1-3-5-8-12-9-6-7-10(12)11(13)14-4-2/h6-7,9H,3-5,8H2,1-2H3. The largest absolute Gasteiger partial charge is 0.461 e. The van der Waals surface area contributed by atoms with Crippen molar-refractivity contribution in [3.63, 3.8) is 0 Å². The maximum absolute atomic E-state index is 11.4. The van der Waals surface area contributed by atoms with Gasteiger partial charge in [0.1, 0.15) is 5.69 Å². The van der Waals surface area contributed by atoms with Crippen LogP contribution in [0.1, 0.15) is 37.2 Å². The number of rotatable bonds is 5. The fourth-order valence-electron chi connectivity index (χ4n) is 1.33. The van der Waals surface area contributed by atoms with E-state index in [0.717, 1.165) is 19.4 Å². The van der Waals surface area contributed by atoms with Crippen LogP contribution in [0.25, 0.3) is 0 Å². The Balaban J connectivity index is 2.66. The minimum absolute atomic E-state index is 0.228. The SMILES string of the molecule is CCCCn1cccc1C(=O)OCC.